The molecule has 0 radical (unpaired) electrons. The monoisotopic (exact) mass is 315 g/mol. The van der Waals surface area contributed by atoms with Gasteiger partial charge in [-0.25, -0.2) is 4.79 Å². The Morgan fingerprint density at radius 1 is 1.22 bits per heavy atom. The minimum Gasteiger partial charge on any atom is -0.467 e. The molecule has 4 nitrogen and oxygen atoms in total. The van der Waals surface area contributed by atoms with E-state index in [-0.39, 0.29) is 11.9 Å². The van der Waals surface area contributed by atoms with E-state index < -0.39 is 5.54 Å². The summed E-state index contributed by atoms with van der Waals surface area (Å²) in [5, 5.41) is 2.88. The van der Waals surface area contributed by atoms with Crippen LogP contribution < -0.4 is 5.32 Å². The third kappa shape index (κ3) is 4.44. The van der Waals surface area contributed by atoms with Gasteiger partial charge in [-0.1, -0.05) is 36.8 Å². The zero-order chi connectivity index (χ0) is 16.9. The van der Waals surface area contributed by atoms with Crippen LogP contribution in [0.5, 0.6) is 0 Å². The lowest BCUT2D eigenvalue weighted by atomic mass is 9.77. The van der Waals surface area contributed by atoms with Gasteiger partial charge < -0.3 is 10.1 Å². The molecule has 1 N–H and O–H groups in total. The number of nitrogens with one attached hydrogen (secondary N) is 1. The first-order chi connectivity index (χ1) is 10.9. The van der Waals surface area contributed by atoms with Crippen molar-refractivity contribution in [3.05, 3.63) is 41.5 Å². The molecular weight excluding hydrogens is 290 g/mol. The first kappa shape index (κ1) is 17.3. The molecule has 1 aromatic rings. The molecule has 0 unspecified atom stereocenters. The van der Waals surface area contributed by atoms with Gasteiger partial charge in [0, 0.05) is 6.08 Å². The van der Waals surface area contributed by atoms with Gasteiger partial charge in [-0.05, 0) is 50.2 Å². The summed E-state index contributed by atoms with van der Waals surface area (Å²) in [5.74, 6) is -0.0280. The molecule has 0 atom stereocenters. The summed E-state index contributed by atoms with van der Waals surface area (Å²) in [4.78, 5) is 24.4. The van der Waals surface area contributed by atoms with Crippen molar-refractivity contribution >= 4 is 18.0 Å². The lowest BCUT2D eigenvalue weighted by molar-refractivity contribution is -0.152. The highest BCUT2D eigenvalue weighted by Gasteiger charge is 2.43. The van der Waals surface area contributed by atoms with Crippen molar-refractivity contribution in [3.8, 4) is 0 Å². The molecule has 0 heterocycles. The lowest BCUT2D eigenvalue weighted by Crippen LogP contribution is -2.56. The van der Waals surface area contributed by atoms with E-state index in [1.165, 1.54) is 18.7 Å². The quantitative estimate of drug-likeness (QED) is 0.685. The third-order valence-corrected chi connectivity index (χ3v) is 4.57. The number of rotatable bonds is 4. The second-order valence-corrected chi connectivity index (χ2v) is 6.49. The molecule has 1 amide bonds. The average Bonchev–Trinajstić information content (AvgIpc) is 2.56. The molecular formula is C19H25NO3. The topological polar surface area (TPSA) is 55.4 Å². The maximum atomic E-state index is 12.3. The van der Waals surface area contributed by atoms with Gasteiger partial charge in [0.25, 0.3) is 0 Å². The lowest BCUT2D eigenvalue weighted by Gasteiger charge is -2.37. The van der Waals surface area contributed by atoms with Crippen molar-refractivity contribution in [2.24, 2.45) is 5.92 Å². The highest BCUT2D eigenvalue weighted by atomic mass is 16.5. The number of hydrogen-bond acceptors (Lipinski definition) is 3. The van der Waals surface area contributed by atoms with E-state index >= 15 is 0 Å². The van der Waals surface area contributed by atoms with Crippen LogP contribution in [0.1, 0.15) is 43.7 Å². The SMILES string of the molecule is COC(=O)C1(NC(=O)/C=C/c2ccc(C)cc2)CCC(C)CC1. The average molecular weight is 315 g/mol. The number of methoxy groups -OCH3 is 1. The summed E-state index contributed by atoms with van der Waals surface area (Å²) in [6.45, 7) is 4.19. The van der Waals surface area contributed by atoms with Crippen LogP contribution in [0, 0.1) is 12.8 Å². The fraction of sp³-hybridized carbons (Fsp3) is 0.474. The number of aryl methyl sites for hydroxylation is 1. The Kier molecular flexibility index (Phi) is 5.59. The fourth-order valence-corrected chi connectivity index (χ4v) is 2.96. The highest BCUT2D eigenvalue weighted by molar-refractivity contribution is 5.96. The van der Waals surface area contributed by atoms with Crippen LogP contribution in [0.15, 0.2) is 30.3 Å². The second-order valence-electron chi connectivity index (χ2n) is 6.49. The number of amides is 1. The van der Waals surface area contributed by atoms with E-state index in [1.807, 2.05) is 31.2 Å². The normalized spacial score (nSPS) is 24.4. The van der Waals surface area contributed by atoms with Crippen molar-refractivity contribution in [2.45, 2.75) is 45.1 Å². The van der Waals surface area contributed by atoms with Crippen molar-refractivity contribution in [2.75, 3.05) is 7.11 Å². The van der Waals surface area contributed by atoms with E-state index in [0.29, 0.717) is 18.8 Å². The van der Waals surface area contributed by atoms with E-state index in [0.717, 1.165) is 18.4 Å². The molecule has 0 aliphatic heterocycles. The number of carbonyl (C=O) groups is 2. The zero-order valence-corrected chi connectivity index (χ0v) is 14.1. The number of carbonyl (C=O) groups excluding carboxylic acids is 2. The van der Waals surface area contributed by atoms with Gasteiger partial charge in [0.2, 0.25) is 5.91 Å². The van der Waals surface area contributed by atoms with Crippen molar-refractivity contribution in [1.29, 1.82) is 0 Å². The summed E-state index contributed by atoms with van der Waals surface area (Å²) in [5.41, 5.74) is 1.25. The Morgan fingerprint density at radius 3 is 2.39 bits per heavy atom. The van der Waals surface area contributed by atoms with E-state index in [2.05, 4.69) is 12.2 Å². The molecule has 0 bridgehead atoms. The molecule has 1 aliphatic rings. The third-order valence-electron chi connectivity index (χ3n) is 4.57. The Labute approximate surface area is 137 Å². The van der Waals surface area contributed by atoms with E-state index in [9.17, 15) is 9.59 Å². The maximum absolute atomic E-state index is 12.3. The molecule has 0 saturated heterocycles. The van der Waals surface area contributed by atoms with Gasteiger partial charge in [0.1, 0.15) is 5.54 Å². The van der Waals surface area contributed by atoms with Crippen LogP contribution in [0.4, 0.5) is 0 Å². The summed E-state index contributed by atoms with van der Waals surface area (Å²) < 4.78 is 4.93. The van der Waals surface area contributed by atoms with Crippen LogP contribution >= 0.6 is 0 Å². The number of benzene rings is 1. The first-order valence-electron chi connectivity index (χ1n) is 8.10. The van der Waals surface area contributed by atoms with Crippen LogP contribution in [-0.2, 0) is 14.3 Å². The van der Waals surface area contributed by atoms with Gasteiger partial charge >= 0.3 is 5.97 Å². The summed E-state index contributed by atoms with van der Waals surface area (Å²) >= 11 is 0. The van der Waals surface area contributed by atoms with Crippen molar-refractivity contribution in [3.63, 3.8) is 0 Å². The predicted molar refractivity (Wildman–Crippen MR) is 90.7 cm³/mol. The molecule has 23 heavy (non-hydrogen) atoms. The van der Waals surface area contributed by atoms with E-state index in [1.54, 1.807) is 6.08 Å². The first-order valence-corrected chi connectivity index (χ1v) is 8.10. The molecule has 0 aromatic heterocycles. The van der Waals surface area contributed by atoms with Crippen LogP contribution in [-0.4, -0.2) is 24.5 Å². The Morgan fingerprint density at radius 2 is 1.83 bits per heavy atom. The number of ether oxygens (including phenoxy) is 1. The molecule has 1 aliphatic carbocycles. The summed E-state index contributed by atoms with van der Waals surface area (Å²) in [6, 6.07) is 7.90. The maximum Gasteiger partial charge on any atom is 0.331 e. The fourth-order valence-electron chi connectivity index (χ4n) is 2.96. The molecule has 0 spiro atoms. The summed E-state index contributed by atoms with van der Waals surface area (Å²) in [7, 11) is 1.37. The minimum absolute atomic E-state index is 0.259. The molecule has 4 heteroatoms. The van der Waals surface area contributed by atoms with Crippen LogP contribution in [0.2, 0.25) is 0 Å². The Balaban J connectivity index is 2.05. The number of hydrogen-bond donors (Lipinski definition) is 1. The minimum atomic E-state index is -0.879. The number of esters is 1. The molecule has 1 fully saturated rings. The smallest absolute Gasteiger partial charge is 0.331 e. The van der Waals surface area contributed by atoms with E-state index in [4.69, 9.17) is 4.74 Å². The van der Waals surface area contributed by atoms with Gasteiger partial charge in [0.15, 0.2) is 0 Å². The second kappa shape index (κ2) is 7.44. The standard InChI is InChI=1S/C19H25NO3/c1-14-4-6-16(7-5-14)8-9-17(21)20-19(18(22)23-3)12-10-15(2)11-13-19/h4-9,15H,10-13H2,1-3H3,(H,20,21)/b9-8+. The molecule has 124 valence electrons. The molecule has 1 saturated carbocycles. The van der Waals surface area contributed by atoms with Gasteiger partial charge in [-0.15, -0.1) is 0 Å². The molecule has 2 rings (SSSR count). The van der Waals surface area contributed by atoms with Crippen LogP contribution in [0.3, 0.4) is 0 Å². The van der Waals surface area contributed by atoms with Gasteiger partial charge in [-0.3, -0.25) is 4.79 Å². The summed E-state index contributed by atoms with van der Waals surface area (Å²) in [6.07, 6.45) is 6.32. The Bertz CT molecular complexity index is 581. The van der Waals surface area contributed by atoms with Crippen LogP contribution in [0.25, 0.3) is 6.08 Å². The Hall–Kier alpha value is -2.10. The highest BCUT2D eigenvalue weighted by Crippen LogP contribution is 2.32. The predicted octanol–water partition coefficient (Wildman–Crippen LogP) is 3.25. The van der Waals surface area contributed by atoms with Gasteiger partial charge in [-0.2, -0.15) is 0 Å². The van der Waals surface area contributed by atoms with Crippen molar-refractivity contribution < 1.29 is 14.3 Å². The molecule has 1 aromatic carbocycles. The largest absolute Gasteiger partial charge is 0.467 e. The van der Waals surface area contributed by atoms with Gasteiger partial charge in [0.05, 0.1) is 7.11 Å². The zero-order valence-electron chi connectivity index (χ0n) is 14.1. The van der Waals surface area contributed by atoms with Crippen molar-refractivity contribution in [1.82, 2.24) is 5.32 Å².